The van der Waals surface area contributed by atoms with Crippen molar-refractivity contribution in [2.45, 2.75) is 46.0 Å². The Balaban J connectivity index is 1.56. The molecule has 24 heavy (non-hydrogen) atoms. The first kappa shape index (κ1) is 16.3. The summed E-state index contributed by atoms with van der Waals surface area (Å²) in [5.41, 5.74) is 9.05. The van der Waals surface area contributed by atoms with Crippen LogP contribution in [0.25, 0.3) is 0 Å². The number of hydrogen-bond donors (Lipinski definition) is 2. The van der Waals surface area contributed by atoms with Crippen LogP contribution in [0.4, 0.5) is 0 Å². The van der Waals surface area contributed by atoms with Gasteiger partial charge in [0.2, 0.25) is 5.91 Å². The molecule has 0 bridgehead atoms. The number of fused-ring (bicyclic) bond motifs is 1. The molecule has 0 unspecified atom stereocenters. The average Bonchev–Trinajstić information content (AvgIpc) is 2.91. The highest BCUT2D eigenvalue weighted by molar-refractivity contribution is 5.96. The van der Waals surface area contributed by atoms with Crippen LogP contribution in [0.15, 0.2) is 28.7 Å². The maximum atomic E-state index is 12.1. The van der Waals surface area contributed by atoms with Gasteiger partial charge in [0.05, 0.1) is 12.0 Å². The van der Waals surface area contributed by atoms with Crippen LogP contribution < -0.4 is 10.9 Å². The number of benzene rings is 1. The van der Waals surface area contributed by atoms with E-state index in [0.717, 1.165) is 18.4 Å². The van der Waals surface area contributed by atoms with Gasteiger partial charge >= 0.3 is 0 Å². The Morgan fingerprint density at radius 3 is 2.50 bits per heavy atom. The molecule has 2 aromatic rings. The van der Waals surface area contributed by atoms with Gasteiger partial charge in [-0.3, -0.25) is 20.4 Å². The molecule has 0 radical (unpaired) electrons. The second-order valence-corrected chi connectivity index (χ2v) is 6.32. The molecule has 0 atom stereocenters. The third-order valence-corrected chi connectivity index (χ3v) is 4.38. The van der Waals surface area contributed by atoms with E-state index in [0.29, 0.717) is 17.1 Å². The Hall–Kier alpha value is -2.56. The third kappa shape index (κ3) is 3.67. The zero-order valence-electron chi connectivity index (χ0n) is 14.1. The monoisotopic (exact) mass is 326 g/mol. The molecule has 1 aromatic carbocycles. The maximum Gasteiger partial charge on any atom is 0.273 e. The van der Waals surface area contributed by atoms with Gasteiger partial charge in [-0.1, -0.05) is 18.2 Å². The number of amides is 2. The fourth-order valence-electron chi connectivity index (χ4n) is 3.18. The molecule has 1 aromatic heterocycles. The molecular weight excluding hydrogens is 304 g/mol. The summed E-state index contributed by atoms with van der Waals surface area (Å²) < 4.78 is 5.32. The second-order valence-electron chi connectivity index (χ2n) is 6.32. The predicted octanol–water partition coefficient (Wildman–Crippen LogP) is 2.78. The van der Waals surface area contributed by atoms with Crippen LogP contribution in [0.1, 0.15) is 51.4 Å². The molecular formula is C19H22N2O3. The lowest BCUT2D eigenvalue weighted by atomic mass is 9.90. The zero-order chi connectivity index (χ0) is 17.1. The fourth-order valence-corrected chi connectivity index (χ4v) is 3.18. The van der Waals surface area contributed by atoms with Gasteiger partial charge in [-0.05, 0) is 62.3 Å². The first-order valence-electron chi connectivity index (χ1n) is 8.30. The summed E-state index contributed by atoms with van der Waals surface area (Å²) in [6, 6.07) is 7.88. The van der Waals surface area contributed by atoms with Crippen molar-refractivity contribution < 1.29 is 14.0 Å². The van der Waals surface area contributed by atoms with Gasteiger partial charge in [0.15, 0.2) is 0 Å². The minimum Gasteiger partial charge on any atom is -0.466 e. The van der Waals surface area contributed by atoms with Gasteiger partial charge in [0.1, 0.15) is 11.5 Å². The van der Waals surface area contributed by atoms with Crippen LogP contribution in [0, 0.1) is 13.8 Å². The third-order valence-electron chi connectivity index (χ3n) is 4.38. The molecule has 126 valence electrons. The molecule has 0 saturated carbocycles. The molecule has 2 N–H and O–H groups in total. The fraction of sp³-hybridized carbons (Fsp3) is 0.368. The molecule has 5 nitrogen and oxygen atoms in total. The van der Waals surface area contributed by atoms with Crippen molar-refractivity contribution in [2.75, 3.05) is 0 Å². The number of nitrogens with one attached hydrogen (secondary N) is 2. The van der Waals surface area contributed by atoms with Crippen molar-refractivity contribution in [3.8, 4) is 0 Å². The van der Waals surface area contributed by atoms with E-state index in [9.17, 15) is 9.59 Å². The zero-order valence-corrected chi connectivity index (χ0v) is 14.1. The maximum absolute atomic E-state index is 12.1. The largest absolute Gasteiger partial charge is 0.466 e. The van der Waals surface area contributed by atoms with Crippen LogP contribution >= 0.6 is 0 Å². The molecule has 0 saturated heterocycles. The molecule has 3 rings (SSSR count). The smallest absolute Gasteiger partial charge is 0.273 e. The van der Waals surface area contributed by atoms with Gasteiger partial charge in [0, 0.05) is 0 Å². The number of carbonyl (C=O) groups is 2. The molecule has 0 spiro atoms. The Morgan fingerprint density at radius 1 is 1.04 bits per heavy atom. The van der Waals surface area contributed by atoms with E-state index < -0.39 is 0 Å². The first-order chi connectivity index (χ1) is 11.5. The van der Waals surface area contributed by atoms with E-state index in [4.69, 9.17) is 4.42 Å². The highest BCUT2D eigenvalue weighted by atomic mass is 16.3. The van der Waals surface area contributed by atoms with Gasteiger partial charge in [-0.2, -0.15) is 0 Å². The van der Waals surface area contributed by atoms with Crippen molar-refractivity contribution in [1.82, 2.24) is 10.9 Å². The molecule has 1 aliphatic carbocycles. The Morgan fingerprint density at radius 2 is 1.79 bits per heavy atom. The Bertz CT molecular complexity index is 777. The average molecular weight is 326 g/mol. The molecule has 2 amide bonds. The van der Waals surface area contributed by atoms with Crippen LogP contribution in [-0.2, 0) is 24.1 Å². The number of hydrogen-bond acceptors (Lipinski definition) is 3. The van der Waals surface area contributed by atoms with Crippen molar-refractivity contribution in [2.24, 2.45) is 0 Å². The standard InChI is InChI=1S/C19H22N2O3/c1-12-9-17(13(2)24-12)19(23)21-20-18(22)11-14-7-8-15-5-3-4-6-16(15)10-14/h7-10H,3-6,11H2,1-2H3,(H,20,22)(H,21,23). The Labute approximate surface area is 141 Å². The summed E-state index contributed by atoms with van der Waals surface area (Å²) in [7, 11) is 0. The number of furan rings is 1. The summed E-state index contributed by atoms with van der Waals surface area (Å²) in [5, 5.41) is 0. The van der Waals surface area contributed by atoms with E-state index in [2.05, 4.69) is 23.0 Å². The highest BCUT2D eigenvalue weighted by Crippen LogP contribution is 2.22. The topological polar surface area (TPSA) is 71.3 Å². The van der Waals surface area contributed by atoms with Crippen LogP contribution in [0.5, 0.6) is 0 Å². The lowest BCUT2D eigenvalue weighted by molar-refractivity contribution is -0.121. The SMILES string of the molecule is Cc1cc(C(=O)NNC(=O)Cc2ccc3c(c2)CCCC3)c(C)o1. The summed E-state index contributed by atoms with van der Waals surface area (Å²) in [6.45, 7) is 3.50. The molecule has 5 heteroatoms. The van der Waals surface area contributed by atoms with E-state index in [1.54, 1.807) is 19.9 Å². The summed E-state index contributed by atoms with van der Waals surface area (Å²) in [6.07, 6.45) is 4.91. The van der Waals surface area contributed by atoms with Crippen molar-refractivity contribution in [3.05, 3.63) is 58.0 Å². The van der Waals surface area contributed by atoms with Gasteiger partial charge in [-0.15, -0.1) is 0 Å². The van der Waals surface area contributed by atoms with Gasteiger partial charge in [0.25, 0.3) is 5.91 Å². The van der Waals surface area contributed by atoms with Crippen molar-refractivity contribution in [3.63, 3.8) is 0 Å². The molecule has 1 heterocycles. The number of aryl methyl sites for hydroxylation is 4. The van der Waals surface area contributed by atoms with E-state index in [1.165, 1.54) is 24.0 Å². The lowest BCUT2D eigenvalue weighted by Crippen LogP contribution is -2.42. The minimum atomic E-state index is -0.372. The number of rotatable bonds is 3. The summed E-state index contributed by atoms with van der Waals surface area (Å²) in [5.74, 6) is 0.590. The van der Waals surface area contributed by atoms with E-state index >= 15 is 0 Å². The van der Waals surface area contributed by atoms with Crippen molar-refractivity contribution >= 4 is 11.8 Å². The molecule has 1 aliphatic rings. The van der Waals surface area contributed by atoms with Crippen molar-refractivity contribution in [1.29, 1.82) is 0 Å². The summed E-state index contributed by atoms with van der Waals surface area (Å²) >= 11 is 0. The quantitative estimate of drug-likeness (QED) is 0.852. The van der Waals surface area contributed by atoms with Crippen LogP contribution in [-0.4, -0.2) is 11.8 Å². The Kier molecular flexibility index (Phi) is 4.69. The number of hydrazine groups is 1. The predicted molar refractivity (Wildman–Crippen MR) is 90.6 cm³/mol. The van der Waals surface area contributed by atoms with E-state index in [1.807, 2.05) is 6.07 Å². The molecule has 0 fully saturated rings. The van der Waals surface area contributed by atoms with Gasteiger partial charge < -0.3 is 4.42 Å². The lowest BCUT2D eigenvalue weighted by Gasteiger charge is -2.16. The molecule has 0 aliphatic heterocycles. The van der Waals surface area contributed by atoms with Crippen LogP contribution in [0.2, 0.25) is 0 Å². The highest BCUT2D eigenvalue weighted by Gasteiger charge is 2.15. The summed E-state index contributed by atoms with van der Waals surface area (Å²) in [4.78, 5) is 24.1. The minimum absolute atomic E-state index is 0.239. The van der Waals surface area contributed by atoms with Gasteiger partial charge in [-0.25, -0.2) is 0 Å². The first-order valence-corrected chi connectivity index (χ1v) is 8.30. The second kappa shape index (κ2) is 6.91. The van der Waals surface area contributed by atoms with Crippen LogP contribution in [0.3, 0.4) is 0 Å². The normalized spacial score (nSPS) is 13.2. The van der Waals surface area contributed by atoms with E-state index in [-0.39, 0.29) is 18.2 Å². The number of carbonyl (C=O) groups excluding carboxylic acids is 2.